The molecular weight excluding hydrogens is 370 g/mol. The van der Waals surface area contributed by atoms with E-state index in [1.807, 2.05) is 48.5 Å². The van der Waals surface area contributed by atoms with Gasteiger partial charge in [-0.05, 0) is 30.2 Å². The third-order valence-corrected chi connectivity index (χ3v) is 4.80. The molecule has 0 saturated carbocycles. The number of fused-ring (bicyclic) bond motifs is 1. The van der Waals surface area contributed by atoms with Gasteiger partial charge in [0.25, 0.3) is 0 Å². The van der Waals surface area contributed by atoms with Crippen LogP contribution in [0.1, 0.15) is 24.1 Å². The number of aromatic nitrogens is 3. The van der Waals surface area contributed by atoms with Crippen molar-refractivity contribution in [3.05, 3.63) is 77.3 Å². The Balaban J connectivity index is 1.69. The van der Waals surface area contributed by atoms with Crippen molar-refractivity contribution in [3.63, 3.8) is 0 Å². The molecule has 0 spiro atoms. The van der Waals surface area contributed by atoms with Crippen molar-refractivity contribution in [3.8, 4) is 11.5 Å². The van der Waals surface area contributed by atoms with Crippen LogP contribution in [0.15, 0.2) is 66.1 Å². The van der Waals surface area contributed by atoms with Crippen molar-refractivity contribution in [2.45, 2.75) is 19.6 Å². The van der Waals surface area contributed by atoms with Gasteiger partial charge in [0.05, 0.1) is 12.7 Å². The zero-order valence-corrected chi connectivity index (χ0v) is 16.1. The molecule has 8 heteroatoms. The number of ether oxygens (including phenoxy) is 2. The molecule has 2 heterocycles. The van der Waals surface area contributed by atoms with Crippen LogP contribution in [0.5, 0.6) is 11.5 Å². The molecule has 1 aliphatic rings. The summed E-state index contributed by atoms with van der Waals surface area (Å²) in [5.41, 5.74) is 8.58. The van der Waals surface area contributed by atoms with Gasteiger partial charge in [0, 0.05) is 5.70 Å². The van der Waals surface area contributed by atoms with Crippen molar-refractivity contribution in [2.24, 2.45) is 5.73 Å². The lowest BCUT2D eigenvalue weighted by Gasteiger charge is -2.28. The first kappa shape index (κ1) is 18.5. The largest absolute Gasteiger partial charge is 0.493 e. The van der Waals surface area contributed by atoms with Gasteiger partial charge in [-0.25, -0.2) is 4.68 Å². The van der Waals surface area contributed by atoms with Gasteiger partial charge in [0.2, 0.25) is 11.9 Å². The molecule has 4 rings (SSSR count). The van der Waals surface area contributed by atoms with Gasteiger partial charge < -0.3 is 20.5 Å². The van der Waals surface area contributed by atoms with Crippen LogP contribution in [-0.2, 0) is 11.4 Å². The fourth-order valence-corrected chi connectivity index (χ4v) is 3.43. The van der Waals surface area contributed by atoms with Gasteiger partial charge in [-0.1, -0.05) is 36.4 Å². The Morgan fingerprint density at radius 3 is 2.72 bits per heavy atom. The number of anilines is 1. The van der Waals surface area contributed by atoms with Crippen molar-refractivity contribution >= 4 is 11.9 Å². The monoisotopic (exact) mass is 391 g/mol. The topological polar surface area (TPSA) is 104 Å². The lowest BCUT2D eigenvalue weighted by Crippen LogP contribution is -2.31. The van der Waals surface area contributed by atoms with Gasteiger partial charge in [0.15, 0.2) is 11.5 Å². The van der Waals surface area contributed by atoms with Crippen molar-refractivity contribution in [1.82, 2.24) is 14.8 Å². The number of nitrogens with one attached hydrogen (secondary N) is 1. The van der Waals surface area contributed by atoms with Gasteiger partial charge in [-0.15, -0.1) is 0 Å². The Hall–Kier alpha value is -3.81. The van der Waals surface area contributed by atoms with E-state index in [0.717, 1.165) is 11.1 Å². The van der Waals surface area contributed by atoms with Crippen LogP contribution < -0.4 is 20.5 Å². The number of primary amides is 1. The smallest absolute Gasteiger partial charge is 0.248 e. The fourth-order valence-electron chi connectivity index (χ4n) is 3.43. The lowest BCUT2D eigenvalue weighted by atomic mass is 9.95. The summed E-state index contributed by atoms with van der Waals surface area (Å²) < 4.78 is 13.1. The molecule has 0 saturated heterocycles. The number of hydrogen-bond acceptors (Lipinski definition) is 6. The molecule has 0 radical (unpaired) electrons. The summed E-state index contributed by atoms with van der Waals surface area (Å²) in [6.07, 6.45) is 1.43. The van der Waals surface area contributed by atoms with Crippen molar-refractivity contribution in [2.75, 3.05) is 12.4 Å². The zero-order valence-electron chi connectivity index (χ0n) is 16.1. The lowest BCUT2D eigenvalue weighted by molar-refractivity contribution is -0.115. The number of amides is 1. The Labute approximate surface area is 168 Å². The average Bonchev–Trinajstić information content (AvgIpc) is 3.19. The summed E-state index contributed by atoms with van der Waals surface area (Å²) in [5.74, 6) is 1.18. The number of hydrogen-bond donors (Lipinski definition) is 2. The molecule has 0 fully saturated rings. The number of nitrogens with two attached hydrogens (primary N) is 1. The molecule has 0 unspecified atom stereocenters. The fraction of sp³-hybridized carbons (Fsp3) is 0.190. The average molecular weight is 391 g/mol. The summed E-state index contributed by atoms with van der Waals surface area (Å²) >= 11 is 0. The number of benzene rings is 2. The quantitative estimate of drug-likeness (QED) is 0.669. The van der Waals surface area contributed by atoms with E-state index < -0.39 is 11.9 Å². The van der Waals surface area contributed by atoms with E-state index in [-0.39, 0.29) is 0 Å². The van der Waals surface area contributed by atoms with E-state index in [1.165, 1.54) is 6.33 Å². The van der Waals surface area contributed by atoms with E-state index in [1.54, 1.807) is 18.7 Å². The molecule has 1 aliphatic heterocycles. The second-order valence-corrected chi connectivity index (χ2v) is 6.64. The first-order valence-corrected chi connectivity index (χ1v) is 9.10. The van der Waals surface area contributed by atoms with E-state index in [2.05, 4.69) is 15.4 Å². The summed E-state index contributed by atoms with van der Waals surface area (Å²) in [6.45, 7) is 2.21. The molecule has 3 aromatic rings. The van der Waals surface area contributed by atoms with E-state index in [4.69, 9.17) is 15.2 Å². The van der Waals surface area contributed by atoms with Gasteiger partial charge in [-0.3, -0.25) is 4.79 Å². The number of carbonyl (C=O) groups is 1. The van der Waals surface area contributed by atoms with E-state index in [0.29, 0.717) is 35.3 Å². The second kappa shape index (κ2) is 7.67. The van der Waals surface area contributed by atoms with Crippen LogP contribution >= 0.6 is 0 Å². The predicted octanol–water partition coefficient (Wildman–Crippen LogP) is 2.64. The molecule has 29 heavy (non-hydrogen) atoms. The zero-order chi connectivity index (χ0) is 20.4. The first-order chi connectivity index (χ1) is 14.1. The Morgan fingerprint density at radius 1 is 1.21 bits per heavy atom. The second-order valence-electron chi connectivity index (χ2n) is 6.64. The highest BCUT2D eigenvalue weighted by molar-refractivity contribution is 5.95. The van der Waals surface area contributed by atoms with Gasteiger partial charge in [0.1, 0.15) is 19.0 Å². The number of allylic oxidation sites excluding steroid dienone is 1. The highest BCUT2D eigenvalue weighted by Crippen LogP contribution is 2.38. The molecule has 1 amide bonds. The molecular formula is C21H21N5O3. The minimum absolute atomic E-state index is 0.419. The Morgan fingerprint density at radius 2 is 2.00 bits per heavy atom. The van der Waals surface area contributed by atoms with Gasteiger partial charge >= 0.3 is 0 Å². The molecule has 0 bridgehead atoms. The molecule has 148 valence electrons. The molecule has 1 aromatic heterocycles. The van der Waals surface area contributed by atoms with Crippen LogP contribution in [0, 0.1) is 0 Å². The normalized spacial score (nSPS) is 15.4. The van der Waals surface area contributed by atoms with Crippen LogP contribution in [0.2, 0.25) is 0 Å². The summed E-state index contributed by atoms with van der Waals surface area (Å²) in [5, 5.41) is 7.33. The number of methoxy groups -OCH3 is 1. The van der Waals surface area contributed by atoms with Gasteiger partial charge in [-0.2, -0.15) is 10.1 Å². The summed E-state index contributed by atoms with van der Waals surface area (Å²) in [7, 11) is 1.58. The highest BCUT2D eigenvalue weighted by atomic mass is 16.5. The molecule has 1 atom stereocenters. The molecule has 8 nitrogen and oxygen atoms in total. The minimum Gasteiger partial charge on any atom is -0.493 e. The summed E-state index contributed by atoms with van der Waals surface area (Å²) in [6, 6.07) is 14.9. The third-order valence-electron chi connectivity index (χ3n) is 4.80. The summed E-state index contributed by atoms with van der Waals surface area (Å²) in [4.78, 5) is 16.4. The Kier molecular flexibility index (Phi) is 4.90. The van der Waals surface area contributed by atoms with E-state index >= 15 is 0 Å². The number of rotatable bonds is 6. The molecule has 2 aromatic carbocycles. The SMILES string of the molecule is COc1cc([C@H]2C(C(N)=O)=C(C)Nc3ncnn32)ccc1OCc1ccccc1. The van der Waals surface area contributed by atoms with Crippen LogP contribution in [0.4, 0.5) is 5.95 Å². The third kappa shape index (κ3) is 3.52. The number of carbonyl (C=O) groups excluding carboxylic acids is 1. The van der Waals surface area contributed by atoms with Crippen molar-refractivity contribution < 1.29 is 14.3 Å². The van der Waals surface area contributed by atoms with Crippen molar-refractivity contribution in [1.29, 1.82) is 0 Å². The maximum Gasteiger partial charge on any atom is 0.248 e. The predicted molar refractivity (Wildman–Crippen MR) is 107 cm³/mol. The molecule has 0 aliphatic carbocycles. The molecule has 3 N–H and O–H groups in total. The minimum atomic E-state index is -0.524. The maximum absolute atomic E-state index is 12.2. The Bertz CT molecular complexity index is 1070. The van der Waals surface area contributed by atoms with E-state index in [9.17, 15) is 4.79 Å². The highest BCUT2D eigenvalue weighted by Gasteiger charge is 2.32. The van der Waals surface area contributed by atoms with Crippen LogP contribution in [-0.4, -0.2) is 27.8 Å². The standard InChI is InChI=1S/C21H21N5O3/c1-13-18(20(22)27)19(26-21(25-13)23-12-24-26)15-8-9-16(17(10-15)28-2)29-11-14-6-4-3-5-7-14/h3-10,12,19H,11H2,1-2H3,(H2,22,27)(H,23,24,25)/t19-/m0/s1. The van der Waals surface area contributed by atoms with Crippen LogP contribution in [0.25, 0.3) is 0 Å². The van der Waals surface area contributed by atoms with Crippen LogP contribution in [0.3, 0.4) is 0 Å². The number of nitrogens with zero attached hydrogens (tertiary/aromatic N) is 3. The maximum atomic E-state index is 12.2. The first-order valence-electron chi connectivity index (χ1n) is 9.10.